The molecule has 3 saturated carbocycles. The smallest absolute Gasteiger partial charge is 0.243 e. The molecule has 5 rings (SSSR count). The largest absolute Gasteiger partial charge is 0.356 e. The van der Waals surface area contributed by atoms with Gasteiger partial charge in [-0.05, 0) is 107 Å². The number of carbonyl (C=O) groups is 6. The first kappa shape index (κ1) is 49.1. The summed E-state index contributed by atoms with van der Waals surface area (Å²) in [7, 11) is 0. The fourth-order valence-electron chi connectivity index (χ4n) is 8.13. The third-order valence-corrected chi connectivity index (χ3v) is 12.0. The number of rotatable bonds is 14. The summed E-state index contributed by atoms with van der Waals surface area (Å²) >= 11 is 0. The highest BCUT2D eigenvalue weighted by Gasteiger charge is 2.49. The van der Waals surface area contributed by atoms with Crippen LogP contribution < -0.4 is 21.3 Å². The van der Waals surface area contributed by atoms with Crippen molar-refractivity contribution in [2.75, 3.05) is 39.3 Å². The van der Waals surface area contributed by atoms with Crippen LogP contribution in [-0.2, 0) is 28.8 Å². The molecule has 0 aromatic carbocycles. The van der Waals surface area contributed by atoms with Crippen molar-refractivity contribution in [3.05, 3.63) is 0 Å². The van der Waals surface area contributed by atoms with Crippen LogP contribution in [0, 0.1) is 35.0 Å². The number of hydrogen-bond acceptors (Lipinski definition) is 7. The number of Topliss-reactive ketones (excluding diaryl/α,β-unsaturated/α-hetero) is 1. The zero-order valence-electron chi connectivity index (χ0n) is 36.7. The second kappa shape index (κ2) is 25.4. The van der Waals surface area contributed by atoms with Crippen LogP contribution >= 0.6 is 0 Å². The highest BCUT2D eigenvalue weighted by atomic mass is 16.2. The lowest BCUT2D eigenvalue weighted by Gasteiger charge is -2.44. The van der Waals surface area contributed by atoms with Gasteiger partial charge in [0.15, 0.2) is 0 Å². The Kier molecular flexibility index (Phi) is 22.3. The van der Waals surface area contributed by atoms with Crippen molar-refractivity contribution in [3.8, 4) is 0 Å². The number of ketones is 1. The van der Waals surface area contributed by atoms with Gasteiger partial charge in [-0.1, -0.05) is 87.5 Å². The zero-order valence-corrected chi connectivity index (χ0v) is 36.7. The molecule has 0 aromatic heterocycles. The van der Waals surface area contributed by atoms with E-state index in [-0.39, 0.29) is 65.7 Å². The molecule has 4 unspecified atom stereocenters. The van der Waals surface area contributed by atoms with Gasteiger partial charge in [0, 0.05) is 19.1 Å². The van der Waals surface area contributed by atoms with E-state index < -0.39 is 12.1 Å². The Morgan fingerprint density at radius 2 is 1.39 bits per heavy atom. The molecule has 322 valence electrons. The molecule has 4 N–H and O–H groups in total. The maximum atomic E-state index is 13.6. The topological polar surface area (TPSA) is 157 Å². The van der Waals surface area contributed by atoms with E-state index in [0.29, 0.717) is 31.5 Å². The van der Waals surface area contributed by atoms with Gasteiger partial charge in [0.1, 0.15) is 17.9 Å². The van der Waals surface area contributed by atoms with Crippen LogP contribution in [0.5, 0.6) is 0 Å². The van der Waals surface area contributed by atoms with Crippen LogP contribution in [0.4, 0.5) is 0 Å². The molecule has 3 aliphatic carbocycles. The second-order valence-corrected chi connectivity index (χ2v) is 18.2. The van der Waals surface area contributed by atoms with Crippen LogP contribution in [0.15, 0.2) is 0 Å². The molecule has 5 fully saturated rings. The molecule has 2 aliphatic heterocycles. The van der Waals surface area contributed by atoms with E-state index in [4.69, 9.17) is 0 Å². The van der Waals surface area contributed by atoms with E-state index in [0.717, 1.165) is 70.4 Å². The summed E-state index contributed by atoms with van der Waals surface area (Å²) < 4.78 is 0. The molecule has 12 nitrogen and oxygen atoms in total. The number of amides is 5. The van der Waals surface area contributed by atoms with Gasteiger partial charge in [-0.25, -0.2) is 0 Å². The minimum Gasteiger partial charge on any atom is -0.356 e. The van der Waals surface area contributed by atoms with Crippen LogP contribution in [0.2, 0.25) is 0 Å². The van der Waals surface area contributed by atoms with Crippen LogP contribution in [0.25, 0.3) is 0 Å². The van der Waals surface area contributed by atoms with Gasteiger partial charge in [-0.3, -0.25) is 28.8 Å². The van der Waals surface area contributed by atoms with E-state index in [1.165, 1.54) is 45.4 Å². The minimum atomic E-state index is -0.672. The van der Waals surface area contributed by atoms with Crippen molar-refractivity contribution >= 4 is 35.8 Å². The number of likely N-dealkylation sites (tertiary alicyclic amines) is 2. The lowest BCUT2D eigenvalue weighted by atomic mass is 9.61. The number of hydrogen-bond donors (Lipinski definition) is 4. The highest BCUT2D eigenvalue weighted by Crippen LogP contribution is 2.50. The lowest BCUT2D eigenvalue weighted by Crippen LogP contribution is -2.56. The Labute approximate surface area is 339 Å². The second-order valence-electron chi connectivity index (χ2n) is 18.2. The molecule has 12 heteroatoms. The fraction of sp³-hybridized carbons (Fsp3) is 0.864. The lowest BCUT2D eigenvalue weighted by molar-refractivity contribution is -0.139. The predicted octanol–water partition coefficient (Wildman–Crippen LogP) is 5.62. The molecular formula is C44H80N6O6. The van der Waals surface area contributed by atoms with E-state index in [2.05, 4.69) is 81.6 Å². The molecule has 5 aliphatic rings. The first-order valence-corrected chi connectivity index (χ1v) is 22.2. The van der Waals surface area contributed by atoms with Gasteiger partial charge in [0.05, 0.1) is 19.0 Å². The van der Waals surface area contributed by atoms with Gasteiger partial charge in [-0.15, -0.1) is 0 Å². The molecule has 0 bridgehead atoms. The SMILES string of the molecule is CC(C)C.CCC.CCN1CCCC(C(=O)NC(C(=O)NCC(=O)N2CC(C(C)(C)C3CCC3)CC2C(=O)NCC(C)=O)C2CCCCC2)C1.O=CNC1CC1. The number of nitrogens with zero attached hydrogens (tertiary/aromatic N) is 2. The quantitative estimate of drug-likeness (QED) is 0.167. The summed E-state index contributed by atoms with van der Waals surface area (Å²) in [5, 5.41) is 11.3. The minimum absolute atomic E-state index is 0.0154. The summed E-state index contributed by atoms with van der Waals surface area (Å²) in [6.07, 6.45) is 15.2. The Morgan fingerprint density at radius 3 is 1.89 bits per heavy atom. The average Bonchev–Trinajstić information content (AvgIpc) is 3.84. The van der Waals surface area contributed by atoms with Crippen molar-refractivity contribution in [2.24, 2.45) is 35.0 Å². The standard InChI is InChI=1S/C33H55N5O5.C4H7NO.C4H10.C3H8/c1-5-37-16-10-13-24(20-37)30(41)36-29(23-11-7-6-8-12-23)32(43)35-19-28(40)38-21-26(33(3,4)25-14-9-15-25)17-27(38)31(42)34-18-22(2)39;6-3-5-4-1-2-4;1-4(2)3;1-3-2/h23-27,29H,5-21H2,1-4H3,(H,34,42)(H,35,43)(H,36,41);3-4H,1-2H2,(H,5,6);4H,1-3H3;3H2,1-2H3. The van der Waals surface area contributed by atoms with Gasteiger partial charge < -0.3 is 31.1 Å². The maximum Gasteiger partial charge on any atom is 0.243 e. The third kappa shape index (κ3) is 16.8. The van der Waals surface area contributed by atoms with E-state index in [1.54, 1.807) is 4.90 Å². The normalized spacial score (nSPS) is 23.3. The average molecular weight is 789 g/mol. The summed E-state index contributed by atoms with van der Waals surface area (Å²) in [5.41, 5.74) is -0.0154. The number of piperidine rings is 1. The monoisotopic (exact) mass is 789 g/mol. The molecule has 0 spiro atoms. The Hall–Kier alpha value is -3.02. The molecule has 2 saturated heterocycles. The van der Waals surface area contributed by atoms with Crippen LogP contribution in [0.1, 0.15) is 152 Å². The molecule has 0 aromatic rings. The Balaban J connectivity index is 0.000000713. The van der Waals surface area contributed by atoms with Crippen molar-refractivity contribution in [1.82, 2.24) is 31.1 Å². The number of nitrogens with one attached hydrogen (secondary N) is 4. The highest BCUT2D eigenvalue weighted by molar-refractivity contribution is 5.94. The first-order chi connectivity index (χ1) is 26.6. The summed E-state index contributed by atoms with van der Waals surface area (Å²) in [4.78, 5) is 78.7. The van der Waals surface area contributed by atoms with Crippen molar-refractivity contribution < 1.29 is 28.8 Å². The Bertz CT molecular complexity index is 1230. The molecule has 4 atom stereocenters. The fourth-order valence-corrected chi connectivity index (χ4v) is 8.13. The summed E-state index contributed by atoms with van der Waals surface area (Å²) in [6, 6.07) is -0.812. The Morgan fingerprint density at radius 1 is 0.768 bits per heavy atom. The first-order valence-electron chi connectivity index (χ1n) is 22.2. The van der Waals surface area contributed by atoms with Crippen molar-refractivity contribution in [1.29, 1.82) is 0 Å². The molecule has 2 heterocycles. The summed E-state index contributed by atoms with van der Waals surface area (Å²) in [5.74, 6) is 0.310. The van der Waals surface area contributed by atoms with Crippen molar-refractivity contribution in [3.63, 3.8) is 0 Å². The third-order valence-electron chi connectivity index (χ3n) is 12.0. The number of carbonyl (C=O) groups excluding carboxylic acids is 6. The van der Waals surface area contributed by atoms with Crippen LogP contribution in [0.3, 0.4) is 0 Å². The van der Waals surface area contributed by atoms with Gasteiger partial charge in [0.25, 0.3) is 0 Å². The van der Waals surface area contributed by atoms with E-state index in [9.17, 15) is 28.8 Å². The molecular weight excluding hydrogens is 709 g/mol. The summed E-state index contributed by atoms with van der Waals surface area (Å²) in [6.45, 7) is 21.5. The zero-order chi connectivity index (χ0) is 41.8. The van der Waals surface area contributed by atoms with Gasteiger partial charge in [-0.2, -0.15) is 0 Å². The van der Waals surface area contributed by atoms with E-state index in [1.807, 2.05) is 0 Å². The van der Waals surface area contributed by atoms with Gasteiger partial charge >= 0.3 is 0 Å². The molecule has 5 amide bonds. The predicted molar refractivity (Wildman–Crippen MR) is 223 cm³/mol. The van der Waals surface area contributed by atoms with Gasteiger partial charge in [0.2, 0.25) is 30.0 Å². The van der Waals surface area contributed by atoms with Crippen molar-refractivity contribution in [2.45, 2.75) is 170 Å². The molecule has 56 heavy (non-hydrogen) atoms. The van der Waals surface area contributed by atoms with Crippen LogP contribution in [-0.4, -0.2) is 103 Å². The van der Waals surface area contributed by atoms with E-state index >= 15 is 0 Å². The maximum absolute atomic E-state index is 13.6. The molecule has 0 radical (unpaired) electrons.